The Kier molecular flexibility index (Phi) is 6.86. The molecule has 40 heavy (non-hydrogen) atoms. The lowest BCUT2D eigenvalue weighted by Crippen LogP contribution is -2.34. The van der Waals surface area contributed by atoms with Crippen LogP contribution in [0.4, 0.5) is 0 Å². The van der Waals surface area contributed by atoms with Crippen LogP contribution in [0.3, 0.4) is 0 Å². The number of fused-ring (bicyclic) bond motifs is 9. The quantitative estimate of drug-likeness (QED) is 0.139. The second-order valence-corrected chi connectivity index (χ2v) is 14.6. The zero-order chi connectivity index (χ0) is 28.4. The van der Waals surface area contributed by atoms with E-state index in [1.807, 2.05) is 0 Å². The van der Waals surface area contributed by atoms with E-state index in [0.717, 1.165) is 81.1 Å². The summed E-state index contributed by atoms with van der Waals surface area (Å²) in [6, 6.07) is 4.17. The fraction of sp³-hybridized carbons (Fsp3) is 0.0769. The van der Waals surface area contributed by atoms with Crippen molar-refractivity contribution in [3.05, 3.63) is 23.3 Å². The summed E-state index contributed by atoms with van der Waals surface area (Å²) in [6.07, 6.45) is 0. The molecular formula is C26H24N6P8. The fourth-order valence-electron chi connectivity index (χ4n) is 5.07. The van der Waals surface area contributed by atoms with Gasteiger partial charge in [0, 0.05) is 21.2 Å². The average Bonchev–Trinajstić information content (AvgIpc) is 2.94. The van der Waals surface area contributed by atoms with Gasteiger partial charge in [0.1, 0.15) is 33.1 Å². The van der Waals surface area contributed by atoms with E-state index < -0.39 is 0 Å². The first kappa shape index (κ1) is 27.9. The Bertz CT molecular complexity index is 2340. The maximum absolute atomic E-state index is 5.22. The highest BCUT2D eigenvalue weighted by atomic mass is 31.0. The van der Waals surface area contributed by atoms with Gasteiger partial charge in [0.2, 0.25) is 0 Å². The number of nitrogens with zero attached hydrogens (tertiary/aromatic N) is 6. The van der Waals surface area contributed by atoms with Gasteiger partial charge >= 0.3 is 0 Å². The average molecular weight is 668 g/mol. The van der Waals surface area contributed by atoms with E-state index in [1.165, 1.54) is 5.56 Å². The predicted molar refractivity (Wildman–Crippen MR) is 202 cm³/mol. The minimum atomic E-state index is 0.657. The lowest BCUT2D eigenvalue weighted by atomic mass is 10.1. The lowest BCUT2D eigenvalue weighted by molar-refractivity contribution is 1.32. The molecule has 0 aliphatic rings. The van der Waals surface area contributed by atoms with Gasteiger partial charge in [-0.25, -0.2) is 29.9 Å². The molecule has 0 saturated heterocycles. The molecule has 3 aromatic heterocycles. The Morgan fingerprint density at radius 2 is 0.800 bits per heavy atom. The van der Waals surface area contributed by atoms with Crippen LogP contribution in [0.2, 0.25) is 0 Å². The van der Waals surface area contributed by atoms with Crippen LogP contribution < -0.4 is 42.4 Å². The normalized spacial score (nSPS) is 12.2. The molecule has 6 nitrogen and oxygen atoms in total. The van der Waals surface area contributed by atoms with Gasteiger partial charge in [-0.3, -0.25) is 0 Å². The Morgan fingerprint density at radius 3 is 1.32 bits per heavy atom. The highest BCUT2D eigenvalue weighted by Crippen LogP contribution is 2.33. The second-order valence-electron chi connectivity index (χ2n) is 9.88. The summed E-state index contributed by atoms with van der Waals surface area (Å²) in [5.41, 5.74) is 11.1. The van der Waals surface area contributed by atoms with Gasteiger partial charge in [-0.1, -0.05) is 0 Å². The highest BCUT2D eigenvalue weighted by molar-refractivity contribution is 7.43. The Labute approximate surface area is 248 Å². The molecule has 0 spiro atoms. The Hall–Kier alpha value is -0.880. The van der Waals surface area contributed by atoms with Crippen LogP contribution >= 0.6 is 73.9 Å². The molecule has 3 heterocycles. The molecule has 8 unspecified atom stereocenters. The first-order chi connectivity index (χ1) is 19.0. The van der Waals surface area contributed by atoms with Crippen molar-refractivity contribution in [2.45, 2.75) is 13.8 Å². The summed E-state index contributed by atoms with van der Waals surface area (Å²) < 4.78 is 0. The van der Waals surface area contributed by atoms with Crippen molar-refractivity contribution in [1.82, 2.24) is 29.9 Å². The lowest BCUT2D eigenvalue weighted by Gasteiger charge is -2.16. The molecular weight excluding hydrogens is 644 g/mol. The van der Waals surface area contributed by atoms with Crippen molar-refractivity contribution < 1.29 is 0 Å². The van der Waals surface area contributed by atoms with E-state index in [1.54, 1.807) is 0 Å². The number of hydrogen-bond donors (Lipinski definition) is 0. The second kappa shape index (κ2) is 9.82. The maximum atomic E-state index is 5.22. The minimum absolute atomic E-state index is 0.657. The third kappa shape index (κ3) is 3.92. The van der Waals surface area contributed by atoms with Gasteiger partial charge in [-0.05, 0) is 58.3 Å². The summed E-state index contributed by atoms with van der Waals surface area (Å²) in [7, 11) is 22.5. The topological polar surface area (TPSA) is 77.3 Å². The smallest absolute Gasteiger partial charge is 0.120 e. The third-order valence-corrected chi connectivity index (χ3v) is 13.5. The van der Waals surface area contributed by atoms with E-state index in [4.69, 9.17) is 29.9 Å². The zero-order valence-corrected chi connectivity index (χ0v) is 30.7. The van der Waals surface area contributed by atoms with Crippen molar-refractivity contribution in [2.75, 3.05) is 0 Å². The predicted octanol–water partition coefficient (Wildman–Crippen LogP) is 1.60. The van der Waals surface area contributed by atoms with E-state index in [0.29, 0.717) is 33.1 Å². The van der Waals surface area contributed by atoms with Gasteiger partial charge in [0.05, 0.1) is 33.1 Å². The van der Waals surface area contributed by atoms with E-state index in [9.17, 15) is 0 Å². The van der Waals surface area contributed by atoms with Crippen LogP contribution in [0.25, 0.3) is 66.2 Å². The van der Waals surface area contributed by atoms with Crippen LogP contribution in [0.1, 0.15) is 11.1 Å². The van der Waals surface area contributed by atoms with Crippen molar-refractivity contribution in [2.24, 2.45) is 0 Å². The molecule has 0 saturated carbocycles. The van der Waals surface area contributed by atoms with Crippen LogP contribution in [0.15, 0.2) is 12.1 Å². The Balaban J connectivity index is 1.82. The zero-order valence-electron chi connectivity index (χ0n) is 21.5. The molecule has 0 N–H and O–H groups in total. The molecule has 7 aromatic rings. The molecule has 0 fully saturated rings. The summed E-state index contributed by atoms with van der Waals surface area (Å²) in [5.74, 6) is 0. The molecule has 8 atom stereocenters. The number of aryl methyl sites for hydroxylation is 1. The standard InChI is InChI=1S/C26H24N6P8/c1-5-3-7-10(21(35)6(5)2)28-13-12(27-7)14-16(30-18-11(29-14)8(33)4-9(34)22(18)36)17-15(13)31-19-20(32-17)24(38)26(40)25(39)23(19)37/h3-4H,33-40H2,1-2H3. The first-order valence-corrected chi connectivity index (χ1v) is 16.8. The number of hydrogen-bond acceptors (Lipinski definition) is 6. The molecule has 0 bridgehead atoms. The summed E-state index contributed by atoms with van der Waals surface area (Å²) in [6.45, 7) is 4.20. The Morgan fingerprint density at radius 1 is 0.375 bits per heavy atom. The van der Waals surface area contributed by atoms with Crippen LogP contribution in [-0.4, -0.2) is 29.9 Å². The third-order valence-electron chi connectivity index (χ3n) is 7.52. The first-order valence-electron chi connectivity index (χ1n) is 12.1. The van der Waals surface area contributed by atoms with E-state index in [-0.39, 0.29) is 0 Å². The summed E-state index contributed by atoms with van der Waals surface area (Å²) in [5, 5.41) is 8.08. The molecule has 198 valence electrons. The van der Waals surface area contributed by atoms with Crippen molar-refractivity contribution in [3.8, 4) is 0 Å². The molecule has 0 amide bonds. The van der Waals surface area contributed by atoms with Gasteiger partial charge in [-0.2, -0.15) is 0 Å². The van der Waals surface area contributed by atoms with Gasteiger partial charge in [-0.15, -0.1) is 73.9 Å². The molecule has 4 aromatic carbocycles. The van der Waals surface area contributed by atoms with Crippen LogP contribution in [0, 0.1) is 13.8 Å². The SMILES string of the molecule is Cc1cc2nc3c(nc2c(P)c1C)c1nc2c(P)c(P)c(P)c(P)c2nc1c1nc2c(P)c(P)cc(P)c2nc31. The molecule has 7 rings (SSSR count). The number of benzene rings is 4. The maximum Gasteiger partial charge on any atom is 0.120 e. The largest absolute Gasteiger partial charge is 0.242 e. The molecule has 0 radical (unpaired) electrons. The fourth-order valence-corrected chi connectivity index (χ4v) is 8.32. The van der Waals surface area contributed by atoms with Crippen LogP contribution in [0.5, 0.6) is 0 Å². The molecule has 0 aliphatic carbocycles. The van der Waals surface area contributed by atoms with Crippen molar-refractivity contribution in [1.29, 1.82) is 0 Å². The minimum Gasteiger partial charge on any atom is -0.242 e. The summed E-state index contributed by atoms with van der Waals surface area (Å²) >= 11 is 0. The molecule has 14 heteroatoms. The number of aromatic nitrogens is 6. The van der Waals surface area contributed by atoms with Gasteiger partial charge in [0.25, 0.3) is 0 Å². The highest BCUT2D eigenvalue weighted by Gasteiger charge is 2.23. The van der Waals surface area contributed by atoms with Crippen molar-refractivity contribution >= 4 is 183 Å². The van der Waals surface area contributed by atoms with Crippen LogP contribution in [-0.2, 0) is 0 Å². The summed E-state index contributed by atoms with van der Waals surface area (Å²) in [4.78, 5) is 31.2. The number of rotatable bonds is 0. The monoisotopic (exact) mass is 668 g/mol. The van der Waals surface area contributed by atoms with E-state index >= 15 is 0 Å². The molecule has 0 aliphatic heterocycles. The van der Waals surface area contributed by atoms with Gasteiger partial charge < -0.3 is 0 Å². The van der Waals surface area contributed by atoms with Crippen molar-refractivity contribution in [3.63, 3.8) is 0 Å². The van der Waals surface area contributed by atoms with Gasteiger partial charge in [0.15, 0.2) is 0 Å². The van der Waals surface area contributed by atoms with E-state index in [2.05, 4.69) is 99.9 Å².